The van der Waals surface area contributed by atoms with Crippen LogP contribution in [0.15, 0.2) is 36.4 Å². The van der Waals surface area contributed by atoms with E-state index in [1.807, 2.05) is 13.0 Å². The van der Waals surface area contributed by atoms with Gasteiger partial charge in [-0.05, 0) is 49.2 Å². The summed E-state index contributed by atoms with van der Waals surface area (Å²) in [7, 11) is 4.67. The summed E-state index contributed by atoms with van der Waals surface area (Å²) in [4.78, 5) is 38.8. The molecule has 1 atom stereocenters. The number of methoxy groups -OCH3 is 3. The highest BCUT2D eigenvalue weighted by molar-refractivity contribution is 6.21. The number of nitrogens with zero attached hydrogens (tertiary/aromatic N) is 1. The van der Waals surface area contributed by atoms with Crippen LogP contribution in [0.3, 0.4) is 0 Å². The van der Waals surface area contributed by atoms with E-state index >= 15 is 0 Å². The molecule has 0 bridgehead atoms. The number of carbonyl (C=O) groups excluding carboxylic acids is 3. The van der Waals surface area contributed by atoms with E-state index in [0.29, 0.717) is 35.8 Å². The van der Waals surface area contributed by atoms with Gasteiger partial charge in [0, 0.05) is 25.9 Å². The van der Waals surface area contributed by atoms with Gasteiger partial charge in [-0.25, -0.2) is 4.79 Å². The molecule has 2 aromatic rings. The number of hydrogen-bond donors (Lipinski definition) is 2. The zero-order chi connectivity index (χ0) is 23.3. The van der Waals surface area contributed by atoms with Crippen molar-refractivity contribution >= 4 is 23.5 Å². The van der Waals surface area contributed by atoms with Gasteiger partial charge < -0.3 is 24.8 Å². The number of anilines is 1. The van der Waals surface area contributed by atoms with Crippen molar-refractivity contribution in [3.8, 4) is 11.5 Å². The fourth-order valence-electron chi connectivity index (χ4n) is 3.51. The van der Waals surface area contributed by atoms with Crippen LogP contribution >= 0.6 is 0 Å². The molecule has 1 heterocycles. The van der Waals surface area contributed by atoms with Crippen LogP contribution in [0.4, 0.5) is 10.5 Å². The maximum Gasteiger partial charge on any atom is 0.319 e. The third kappa shape index (κ3) is 4.83. The molecule has 1 unspecified atom stereocenters. The molecule has 0 spiro atoms. The van der Waals surface area contributed by atoms with Crippen molar-refractivity contribution in [1.29, 1.82) is 0 Å². The van der Waals surface area contributed by atoms with Crippen LogP contribution in [-0.2, 0) is 4.74 Å². The van der Waals surface area contributed by atoms with Gasteiger partial charge in [-0.3, -0.25) is 14.5 Å². The molecular formula is C23H27N3O6. The SMILES string of the molecule is COCCCN1C(=O)c2ccc(NC(=O)NC(C)c3ccc(OC)c(OC)c3)cc2C1=O. The highest BCUT2D eigenvalue weighted by atomic mass is 16.5. The minimum absolute atomic E-state index is 0.276. The van der Waals surface area contributed by atoms with Gasteiger partial charge in [0.15, 0.2) is 11.5 Å². The minimum atomic E-state index is -0.444. The Morgan fingerprint density at radius 2 is 1.69 bits per heavy atom. The van der Waals surface area contributed by atoms with E-state index in [4.69, 9.17) is 14.2 Å². The van der Waals surface area contributed by atoms with E-state index < -0.39 is 6.03 Å². The molecule has 2 N–H and O–H groups in total. The molecule has 0 aromatic heterocycles. The molecule has 1 aliphatic rings. The van der Waals surface area contributed by atoms with Gasteiger partial charge >= 0.3 is 6.03 Å². The summed E-state index contributed by atoms with van der Waals surface area (Å²) in [5, 5.41) is 5.56. The summed E-state index contributed by atoms with van der Waals surface area (Å²) >= 11 is 0. The van der Waals surface area contributed by atoms with Crippen molar-refractivity contribution in [2.24, 2.45) is 0 Å². The van der Waals surface area contributed by atoms with Gasteiger partial charge in [-0.1, -0.05) is 6.07 Å². The lowest BCUT2D eigenvalue weighted by Crippen LogP contribution is -2.31. The van der Waals surface area contributed by atoms with Crippen LogP contribution in [0.5, 0.6) is 11.5 Å². The van der Waals surface area contributed by atoms with Gasteiger partial charge in [0.2, 0.25) is 0 Å². The normalized spacial score (nSPS) is 13.6. The summed E-state index contributed by atoms with van der Waals surface area (Å²) in [6, 6.07) is 9.32. The van der Waals surface area contributed by atoms with Crippen molar-refractivity contribution in [3.63, 3.8) is 0 Å². The van der Waals surface area contributed by atoms with Crippen molar-refractivity contribution in [2.75, 3.05) is 39.8 Å². The molecule has 3 rings (SSSR count). The first kappa shape index (κ1) is 23.1. The Bertz CT molecular complexity index is 1020. The Labute approximate surface area is 186 Å². The Morgan fingerprint density at radius 1 is 0.969 bits per heavy atom. The van der Waals surface area contributed by atoms with Gasteiger partial charge in [0.25, 0.3) is 11.8 Å². The van der Waals surface area contributed by atoms with Crippen LogP contribution in [0, 0.1) is 0 Å². The molecule has 170 valence electrons. The second-order valence-corrected chi connectivity index (χ2v) is 7.30. The first-order valence-electron chi connectivity index (χ1n) is 10.2. The van der Waals surface area contributed by atoms with Crippen molar-refractivity contribution in [3.05, 3.63) is 53.1 Å². The molecular weight excluding hydrogens is 414 g/mol. The summed E-state index contributed by atoms with van der Waals surface area (Å²) < 4.78 is 15.5. The Morgan fingerprint density at radius 3 is 2.38 bits per heavy atom. The van der Waals surface area contributed by atoms with Crippen LogP contribution in [0.2, 0.25) is 0 Å². The highest BCUT2D eigenvalue weighted by Gasteiger charge is 2.35. The molecule has 32 heavy (non-hydrogen) atoms. The summed E-state index contributed by atoms with van der Waals surface area (Å²) in [5.74, 6) is 0.459. The van der Waals surface area contributed by atoms with Crippen LogP contribution < -0.4 is 20.1 Å². The van der Waals surface area contributed by atoms with Crippen molar-refractivity contribution < 1.29 is 28.6 Å². The number of fused-ring (bicyclic) bond motifs is 1. The number of ether oxygens (including phenoxy) is 3. The van der Waals surface area contributed by atoms with E-state index in [2.05, 4.69) is 10.6 Å². The molecule has 0 fully saturated rings. The van der Waals surface area contributed by atoms with E-state index in [1.54, 1.807) is 45.6 Å². The average molecular weight is 441 g/mol. The van der Waals surface area contributed by atoms with Gasteiger partial charge in [-0.15, -0.1) is 0 Å². The van der Waals surface area contributed by atoms with E-state index in [-0.39, 0.29) is 30.0 Å². The van der Waals surface area contributed by atoms with Gasteiger partial charge in [0.1, 0.15) is 0 Å². The molecule has 0 radical (unpaired) electrons. The lowest BCUT2D eigenvalue weighted by atomic mass is 10.1. The minimum Gasteiger partial charge on any atom is -0.493 e. The zero-order valence-corrected chi connectivity index (χ0v) is 18.6. The first-order valence-corrected chi connectivity index (χ1v) is 10.2. The molecule has 1 aliphatic heterocycles. The number of carbonyl (C=O) groups is 3. The van der Waals surface area contributed by atoms with Crippen molar-refractivity contribution in [2.45, 2.75) is 19.4 Å². The lowest BCUT2D eigenvalue weighted by Gasteiger charge is -2.17. The maximum absolute atomic E-state index is 12.6. The lowest BCUT2D eigenvalue weighted by molar-refractivity contribution is 0.0638. The zero-order valence-electron chi connectivity index (χ0n) is 18.6. The number of benzene rings is 2. The van der Waals surface area contributed by atoms with Crippen LogP contribution in [0.25, 0.3) is 0 Å². The molecule has 0 aliphatic carbocycles. The van der Waals surface area contributed by atoms with E-state index in [0.717, 1.165) is 5.56 Å². The van der Waals surface area contributed by atoms with Gasteiger partial charge in [0.05, 0.1) is 31.4 Å². The topological polar surface area (TPSA) is 106 Å². The largest absolute Gasteiger partial charge is 0.493 e. The van der Waals surface area contributed by atoms with Crippen LogP contribution in [0.1, 0.15) is 45.7 Å². The third-order valence-electron chi connectivity index (χ3n) is 5.21. The number of hydrogen-bond acceptors (Lipinski definition) is 6. The highest BCUT2D eigenvalue weighted by Crippen LogP contribution is 2.30. The smallest absolute Gasteiger partial charge is 0.319 e. The quantitative estimate of drug-likeness (QED) is 0.457. The number of rotatable bonds is 9. The van der Waals surface area contributed by atoms with Gasteiger partial charge in [-0.2, -0.15) is 0 Å². The Balaban J connectivity index is 1.66. The third-order valence-corrected chi connectivity index (χ3v) is 5.21. The Hall–Kier alpha value is -3.59. The predicted octanol–water partition coefficient (Wildman–Crippen LogP) is 3.22. The number of nitrogens with one attached hydrogen (secondary N) is 2. The standard InChI is InChI=1S/C23H27N3O6/c1-14(15-6-9-19(31-3)20(12-15)32-4)24-23(29)25-16-7-8-17-18(13-16)22(28)26(21(17)27)10-5-11-30-2/h6-9,12-14H,5,10-11H2,1-4H3,(H2,24,25,29). The van der Waals surface area contributed by atoms with E-state index in [9.17, 15) is 14.4 Å². The maximum atomic E-state index is 12.6. The molecule has 0 saturated heterocycles. The molecule has 4 amide bonds. The van der Waals surface area contributed by atoms with Crippen LogP contribution in [-0.4, -0.2) is 57.2 Å². The fraction of sp³-hybridized carbons (Fsp3) is 0.348. The monoisotopic (exact) mass is 441 g/mol. The predicted molar refractivity (Wildman–Crippen MR) is 118 cm³/mol. The molecule has 9 heteroatoms. The summed E-state index contributed by atoms with van der Waals surface area (Å²) in [6.07, 6.45) is 0.559. The summed E-state index contributed by atoms with van der Waals surface area (Å²) in [5.41, 5.74) is 1.86. The second kappa shape index (κ2) is 10.1. The second-order valence-electron chi connectivity index (χ2n) is 7.30. The average Bonchev–Trinajstić information content (AvgIpc) is 3.02. The summed E-state index contributed by atoms with van der Waals surface area (Å²) in [6.45, 7) is 2.58. The molecule has 2 aromatic carbocycles. The molecule has 0 saturated carbocycles. The number of imide groups is 1. The molecule has 9 nitrogen and oxygen atoms in total. The first-order chi connectivity index (χ1) is 15.4. The van der Waals surface area contributed by atoms with E-state index in [1.165, 1.54) is 11.0 Å². The number of amides is 4. The fourth-order valence-corrected chi connectivity index (χ4v) is 3.51. The van der Waals surface area contributed by atoms with Crippen molar-refractivity contribution in [1.82, 2.24) is 10.2 Å². The Kier molecular flexibility index (Phi) is 7.32. The number of urea groups is 1.